The van der Waals surface area contributed by atoms with Crippen LogP contribution in [0, 0.1) is 0 Å². The van der Waals surface area contributed by atoms with Gasteiger partial charge in [0.1, 0.15) is 6.04 Å². The Balaban J connectivity index is 2.24. The second-order valence-corrected chi connectivity index (χ2v) is 4.18. The van der Waals surface area contributed by atoms with E-state index < -0.39 is 6.04 Å². The molecule has 1 saturated heterocycles. The van der Waals surface area contributed by atoms with Gasteiger partial charge in [0.05, 0.1) is 6.61 Å². The SMILES string of the molecule is CCOC(=O)C1NC(=O)CC1c1ccnn1CC. The Bertz CT molecular complexity index is 455. The summed E-state index contributed by atoms with van der Waals surface area (Å²) in [5, 5.41) is 6.84. The molecule has 1 aliphatic rings. The molecule has 1 aromatic rings. The molecule has 98 valence electrons. The minimum atomic E-state index is -0.598. The number of esters is 1. The van der Waals surface area contributed by atoms with Crippen LogP contribution in [-0.2, 0) is 20.9 Å². The van der Waals surface area contributed by atoms with Crippen molar-refractivity contribution in [1.29, 1.82) is 0 Å². The summed E-state index contributed by atoms with van der Waals surface area (Å²) in [6.45, 7) is 4.74. The highest BCUT2D eigenvalue weighted by atomic mass is 16.5. The first kappa shape index (κ1) is 12.6. The quantitative estimate of drug-likeness (QED) is 0.788. The van der Waals surface area contributed by atoms with E-state index in [1.165, 1.54) is 0 Å². The third-order valence-corrected chi connectivity index (χ3v) is 3.09. The van der Waals surface area contributed by atoms with E-state index in [-0.39, 0.29) is 17.8 Å². The van der Waals surface area contributed by atoms with Gasteiger partial charge in [-0.25, -0.2) is 4.79 Å². The molecule has 1 aliphatic heterocycles. The Hall–Kier alpha value is -1.85. The minimum absolute atomic E-state index is 0.123. The van der Waals surface area contributed by atoms with Gasteiger partial charge >= 0.3 is 5.97 Å². The number of nitrogens with one attached hydrogen (secondary N) is 1. The van der Waals surface area contributed by atoms with E-state index in [2.05, 4.69) is 10.4 Å². The summed E-state index contributed by atoms with van der Waals surface area (Å²) >= 11 is 0. The van der Waals surface area contributed by atoms with E-state index in [1.54, 1.807) is 17.8 Å². The lowest BCUT2D eigenvalue weighted by Crippen LogP contribution is -2.38. The fraction of sp³-hybridized carbons (Fsp3) is 0.583. The van der Waals surface area contributed by atoms with E-state index in [1.807, 2.05) is 13.0 Å². The molecular formula is C12H17N3O3. The first-order valence-corrected chi connectivity index (χ1v) is 6.15. The number of ether oxygens (including phenoxy) is 1. The van der Waals surface area contributed by atoms with Crippen LogP contribution in [0.3, 0.4) is 0 Å². The van der Waals surface area contributed by atoms with Gasteiger partial charge in [-0.2, -0.15) is 5.10 Å². The zero-order chi connectivity index (χ0) is 13.1. The maximum atomic E-state index is 11.8. The van der Waals surface area contributed by atoms with Gasteiger partial charge in [0.15, 0.2) is 0 Å². The van der Waals surface area contributed by atoms with Crippen molar-refractivity contribution in [1.82, 2.24) is 15.1 Å². The van der Waals surface area contributed by atoms with Gasteiger partial charge < -0.3 is 10.1 Å². The average Bonchev–Trinajstić information content (AvgIpc) is 2.94. The number of carbonyl (C=O) groups excluding carboxylic acids is 2. The number of nitrogens with zero attached hydrogens (tertiary/aromatic N) is 2. The molecule has 18 heavy (non-hydrogen) atoms. The third kappa shape index (κ3) is 2.23. The van der Waals surface area contributed by atoms with Gasteiger partial charge in [0.2, 0.25) is 5.91 Å². The molecule has 2 atom stereocenters. The summed E-state index contributed by atoms with van der Waals surface area (Å²) in [4.78, 5) is 23.3. The maximum absolute atomic E-state index is 11.8. The second kappa shape index (κ2) is 5.20. The number of hydrogen-bond donors (Lipinski definition) is 1. The largest absolute Gasteiger partial charge is 0.464 e. The molecule has 2 unspecified atom stereocenters. The molecule has 1 aromatic heterocycles. The smallest absolute Gasteiger partial charge is 0.329 e. The Morgan fingerprint density at radius 1 is 1.61 bits per heavy atom. The molecule has 0 aromatic carbocycles. The highest BCUT2D eigenvalue weighted by Gasteiger charge is 2.40. The Morgan fingerprint density at radius 2 is 2.39 bits per heavy atom. The van der Waals surface area contributed by atoms with Gasteiger partial charge in [-0.3, -0.25) is 9.48 Å². The Kier molecular flexibility index (Phi) is 3.64. The lowest BCUT2D eigenvalue weighted by molar-refractivity contribution is -0.146. The normalized spacial score (nSPS) is 22.9. The molecule has 2 rings (SSSR count). The van der Waals surface area contributed by atoms with Gasteiger partial charge in [-0.05, 0) is 19.9 Å². The minimum Gasteiger partial charge on any atom is -0.464 e. The van der Waals surface area contributed by atoms with Crippen molar-refractivity contribution >= 4 is 11.9 Å². The van der Waals surface area contributed by atoms with E-state index in [0.717, 1.165) is 5.69 Å². The monoisotopic (exact) mass is 251 g/mol. The van der Waals surface area contributed by atoms with E-state index >= 15 is 0 Å². The van der Waals surface area contributed by atoms with Gasteiger partial charge in [-0.1, -0.05) is 0 Å². The van der Waals surface area contributed by atoms with Crippen molar-refractivity contribution in [3.8, 4) is 0 Å². The zero-order valence-electron chi connectivity index (χ0n) is 10.5. The first-order valence-electron chi connectivity index (χ1n) is 6.15. The topological polar surface area (TPSA) is 73.2 Å². The van der Waals surface area contributed by atoms with Crippen LogP contribution in [0.5, 0.6) is 0 Å². The van der Waals surface area contributed by atoms with Gasteiger partial charge in [0, 0.05) is 30.8 Å². The van der Waals surface area contributed by atoms with E-state index in [4.69, 9.17) is 4.74 Å². The van der Waals surface area contributed by atoms with Crippen LogP contribution in [0.25, 0.3) is 0 Å². The van der Waals surface area contributed by atoms with Crippen molar-refractivity contribution in [2.24, 2.45) is 0 Å². The van der Waals surface area contributed by atoms with Crippen LogP contribution in [0.2, 0.25) is 0 Å². The molecule has 0 saturated carbocycles. The molecule has 0 aliphatic carbocycles. The lowest BCUT2D eigenvalue weighted by atomic mass is 9.96. The van der Waals surface area contributed by atoms with Crippen molar-refractivity contribution in [2.45, 2.75) is 38.8 Å². The summed E-state index contributed by atoms with van der Waals surface area (Å²) in [7, 11) is 0. The highest BCUT2D eigenvalue weighted by Crippen LogP contribution is 2.29. The predicted molar refractivity (Wildman–Crippen MR) is 63.8 cm³/mol. The lowest BCUT2D eigenvalue weighted by Gasteiger charge is -2.18. The van der Waals surface area contributed by atoms with Crippen molar-refractivity contribution in [3.63, 3.8) is 0 Å². The molecule has 1 N–H and O–H groups in total. The van der Waals surface area contributed by atoms with E-state index in [9.17, 15) is 9.59 Å². The average molecular weight is 251 g/mol. The zero-order valence-corrected chi connectivity index (χ0v) is 10.5. The summed E-state index contributed by atoms with van der Waals surface area (Å²) in [5.74, 6) is -0.696. The predicted octanol–water partition coefficient (Wildman–Crippen LogP) is 0.438. The molecule has 0 bridgehead atoms. The van der Waals surface area contributed by atoms with Crippen LogP contribution >= 0.6 is 0 Å². The fourth-order valence-corrected chi connectivity index (χ4v) is 2.30. The van der Waals surface area contributed by atoms with Crippen molar-refractivity contribution in [2.75, 3.05) is 6.61 Å². The second-order valence-electron chi connectivity index (χ2n) is 4.18. The van der Waals surface area contributed by atoms with Crippen LogP contribution in [0.4, 0.5) is 0 Å². The molecule has 0 spiro atoms. The van der Waals surface area contributed by atoms with Crippen LogP contribution in [0.15, 0.2) is 12.3 Å². The summed E-state index contributed by atoms with van der Waals surface area (Å²) in [6.07, 6.45) is 1.99. The third-order valence-electron chi connectivity index (χ3n) is 3.09. The number of aryl methyl sites for hydroxylation is 1. The maximum Gasteiger partial charge on any atom is 0.329 e. The fourth-order valence-electron chi connectivity index (χ4n) is 2.30. The van der Waals surface area contributed by atoms with Gasteiger partial charge in [0.25, 0.3) is 0 Å². The van der Waals surface area contributed by atoms with Crippen LogP contribution in [-0.4, -0.2) is 34.3 Å². The molecule has 1 amide bonds. The van der Waals surface area contributed by atoms with Crippen LogP contribution < -0.4 is 5.32 Å². The number of hydrogen-bond acceptors (Lipinski definition) is 4. The molecule has 1 fully saturated rings. The first-order chi connectivity index (χ1) is 8.67. The molecular weight excluding hydrogens is 234 g/mol. The molecule has 0 radical (unpaired) electrons. The Labute approximate surface area is 105 Å². The molecule has 6 heteroatoms. The summed E-state index contributed by atoms with van der Waals surface area (Å²) in [6, 6.07) is 1.25. The van der Waals surface area contributed by atoms with Crippen molar-refractivity contribution in [3.05, 3.63) is 18.0 Å². The number of aromatic nitrogens is 2. The van der Waals surface area contributed by atoms with Crippen LogP contribution in [0.1, 0.15) is 31.9 Å². The Morgan fingerprint density at radius 3 is 3.06 bits per heavy atom. The summed E-state index contributed by atoms with van der Waals surface area (Å²) < 4.78 is 6.80. The van der Waals surface area contributed by atoms with E-state index in [0.29, 0.717) is 19.6 Å². The number of carbonyl (C=O) groups is 2. The number of rotatable bonds is 4. The standard InChI is InChI=1S/C12H17N3O3/c1-3-15-9(5-6-13-15)8-7-10(16)14-11(8)12(17)18-4-2/h5-6,8,11H,3-4,7H2,1-2H3,(H,14,16). The molecule has 2 heterocycles. The summed E-state index contributed by atoms with van der Waals surface area (Å²) in [5.41, 5.74) is 0.897. The molecule has 6 nitrogen and oxygen atoms in total. The highest BCUT2D eigenvalue weighted by molar-refractivity contribution is 5.90. The number of amides is 1. The van der Waals surface area contributed by atoms with Crippen molar-refractivity contribution < 1.29 is 14.3 Å². The van der Waals surface area contributed by atoms with Gasteiger partial charge in [-0.15, -0.1) is 0 Å².